The Hall–Kier alpha value is -1.16. The lowest BCUT2D eigenvalue weighted by Gasteiger charge is -2.17. The summed E-state index contributed by atoms with van der Waals surface area (Å²) < 4.78 is 0. The molecule has 2 aromatic rings. The summed E-state index contributed by atoms with van der Waals surface area (Å²) in [6.45, 7) is 3.19. The lowest BCUT2D eigenvalue weighted by atomic mass is 10.0. The summed E-state index contributed by atoms with van der Waals surface area (Å²) in [5.74, 6) is 0. The highest BCUT2D eigenvalue weighted by Gasteiger charge is 2.10. The lowest BCUT2D eigenvalue weighted by molar-refractivity contribution is 0.265. The maximum absolute atomic E-state index is 9.16. The first-order chi connectivity index (χ1) is 8.79. The molecule has 1 atom stereocenters. The first-order valence-corrected chi connectivity index (χ1v) is 7.06. The highest BCUT2D eigenvalue weighted by molar-refractivity contribution is 7.11. The Kier molecular flexibility index (Phi) is 4.93. The average molecular weight is 261 g/mol. The summed E-state index contributed by atoms with van der Waals surface area (Å²) in [4.78, 5) is 2.68. The van der Waals surface area contributed by atoms with E-state index in [0.717, 1.165) is 13.0 Å². The van der Waals surface area contributed by atoms with Crippen LogP contribution >= 0.6 is 11.3 Å². The van der Waals surface area contributed by atoms with E-state index in [-0.39, 0.29) is 12.6 Å². The van der Waals surface area contributed by atoms with Gasteiger partial charge in [-0.2, -0.15) is 0 Å². The summed E-state index contributed by atoms with van der Waals surface area (Å²) in [6, 6.07) is 14.8. The molecule has 2 nitrogen and oxygen atoms in total. The molecule has 2 rings (SSSR count). The molecule has 96 valence electrons. The first kappa shape index (κ1) is 13.3. The van der Waals surface area contributed by atoms with E-state index in [2.05, 4.69) is 36.5 Å². The third-order valence-electron chi connectivity index (χ3n) is 2.94. The van der Waals surface area contributed by atoms with E-state index >= 15 is 0 Å². The second-order valence-corrected chi connectivity index (χ2v) is 5.74. The van der Waals surface area contributed by atoms with Crippen LogP contribution in [0.4, 0.5) is 0 Å². The van der Waals surface area contributed by atoms with E-state index < -0.39 is 0 Å². The van der Waals surface area contributed by atoms with E-state index in [4.69, 9.17) is 5.11 Å². The zero-order valence-corrected chi connectivity index (χ0v) is 11.4. The average Bonchev–Trinajstić information content (AvgIpc) is 2.81. The van der Waals surface area contributed by atoms with Crippen molar-refractivity contribution in [3.8, 4) is 0 Å². The van der Waals surface area contributed by atoms with Gasteiger partial charge in [0.05, 0.1) is 0 Å². The minimum atomic E-state index is 0.204. The highest BCUT2D eigenvalue weighted by atomic mass is 32.1. The van der Waals surface area contributed by atoms with Crippen molar-refractivity contribution < 1.29 is 5.11 Å². The molecule has 0 aliphatic carbocycles. The van der Waals surface area contributed by atoms with Crippen molar-refractivity contribution in [1.29, 1.82) is 0 Å². The normalized spacial score (nSPS) is 12.6. The molecule has 0 bridgehead atoms. The van der Waals surface area contributed by atoms with Crippen molar-refractivity contribution in [1.82, 2.24) is 5.32 Å². The SMILES string of the molecule is Cc1ccc(CN[C@H](CCO)c2ccccc2)s1. The van der Waals surface area contributed by atoms with E-state index in [1.165, 1.54) is 15.3 Å². The Morgan fingerprint density at radius 3 is 2.56 bits per heavy atom. The summed E-state index contributed by atoms with van der Waals surface area (Å²) in [5, 5.41) is 12.7. The van der Waals surface area contributed by atoms with Gasteiger partial charge in [-0.15, -0.1) is 11.3 Å². The number of rotatable bonds is 6. The van der Waals surface area contributed by atoms with Crippen LogP contribution in [0.5, 0.6) is 0 Å². The zero-order valence-electron chi connectivity index (χ0n) is 10.6. The lowest BCUT2D eigenvalue weighted by Crippen LogP contribution is -2.21. The van der Waals surface area contributed by atoms with Gasteiger partial charge in [-0.25, -0.2) is 0 Å². The van der Waals surface area contributed by atoms with Gasteiger partial charge in [-0.3, -0.25) is 0 Å². The molecule has 0 fully saturated rings. The van der Waals surface area contributed by atoms with Crippen molar-refractivity contribution in [3.63, 3.8) is 0 Å². The van der Waals surface area contributed by atoms with Crippen LogP contribution in [-0.4, -0.2) is 11.7 Å². The maximum atomic E-state index is 9.16. The summed E-state index contributed by atoms with van der Waals surface area (Å²) in [7, 11) is 0. The molecule has 0 radical (unpaired) electrons. The molecular weight excluding hydrogens is 242 g/mol. The quantitative estimate of drug-likeness (QED) is 0.836. The predicted molar refractivity (Wildman–Crippen MR) is 76.8 cm³/mol. The molecular formula is C15H19NOS. The number of benzene rings is 1. The molecule has 1 aromatic carbocycles. The third kappa shape index (κ3) is 3.67. The summed E-state index contributed by atoms with van der Waals surface area (Å²) in [5.41, 5.74) is 1.24. The van der Waals surface area contributed by atoms with Crippen LogP contribution in [-0.2, 0) is 6.54 Å². The largest absolute Gasteiger partial charge is 0.396 e. The number of nitrogens with one attached hydrogen (secondary N) is 1. The van der Waals surface area contributed by atoms with E-state index in [0.29, 0.717) is 0 Å². The van der Waals surface area contributed by atoms with Crippen LogP contribution in [0.25, 0.3) is 0 Å². The Morgan fingerprint density at radius 2 is 1.94 bits per heavy atom. The van der Waals surface area contributed by atoms with Gasteiger partial charge in [0.15, 0.2) is 0 Å². The molecule has 2 N–H and O–H groups in total. The number of aliphatic hydroxyl groups is 1. The summed E-state index contributed by atoms with van der Waals surface area (Å²) in [6.07, 6.45) is 0.744. The van der Waals surface area contributed by atoms with Crippen LogP contribution in [0.1, 0.15) is 27.8 Å². The zero-order chi connectivity index (χ0) is 12.8. The van der Waals surface area contributed by atoms with E-state index in [9.17, 15) is 0 Å². The predicted octanol–water partition coefficient (Wildman–Crippen LogP) is 3.27. The molecule has 0 spiro atoms. The van der Waals surface area contributed by atoms with Gasteiger partial charge in [-0.05, 0) is 31.0 Å². The summed E-state index contributed by atoms with van der Waals surface area (Å²) >= 11 is 1.82. The topological polar surface area (TPSA) is 32.3 Å². The van der Waals surface area contributed by atoms with Gasteiger partial charge in [0.25, 0.3) is 0 Å². The number of hydrogen-bond acceptors (Lipinski definition) is 3. The maximum Gasteiger partial charge on any atom is 0.0449 e. The molecule has 1 heterocycles. The highest BCUT2D eigenvalue weighted by Crippen LogP contribution is 2.19. The Labute approximate surface area is 112 Å². The molecule has 1 aromatic heterocycles. The van der Waals surface area contributed by atoms with Gasteiger partial charge in [0, 0.05) is 28.9 Å². The monoisotopic (exact) mass is 261 g/mol. The Bertz CT molecular complexity index is 466. The van der Waals surface area contributed by atoms with Crippen LogP contribution in [0.3, 0.4) is 0 Å². The first-order valence-electron chi connectivity index (χ1n) is 6.24. The van der Waals surface area contributed by atoms with Crippen LogP contribution in [0.15, 0.2) is 42.5 Å². The standard InChI is InChI=1S/C15H19NOS/c1-12-7-8-14(18-12)11-16-15(9-10-17)13-5-3-2-4-6-13/h2-8,15-17H,9-11H2,1H3/t15-/m1/s1. The second-order valence-electron chi connectivity index (χ2n) is 4.37. The number of aliphatic hydroxyl groups excluding tert-OH is 1. The fourth-order valence-corrected chi connectivity index (χ4v) is 2.85. The van der Waals surface area contributed by atoms with Crippen molar-refractivity contribution in [2.45, 2.75) is 25.9 Å². The van der Waals surface area contributed by atoms with Crippen molar-refractivity contribution in [2.24, 2.45) is 0 Å². The fraction of sp³-hybridized carbons (Fsp3) is 0.333. The fourth-order valence-electron chi connectivity index (χ4n) is 2.00. The minimum absolute atomic E-state index is 0.204. The Morgan fingerprint density at radius 1 is 1.17 bits per heavy atom. The smallest absolute Gasteiger partial charge is 0.0449 e. The van der Waals surface area contributed by atoms with Crippen molar-refractivity contribution in [2.75, 3.05) is 6.61 Å². The van der Waals surface area contributed by atoms with Crippen LogP contribution in [0.2, 0.25) is 0 Å². The van der Waals surface area contributed by atoms with Gasteiger partial charge in [-0.1, -0.05) is 30.3 Å². The van der Waals surface area contributed by atoms with Crippen LogP contribution < -0.4 is 5.32 Å². The number of hydrogen-bond donors (Lipinski definition) is 2. The van der Waals surface area contributed by atoms with Gasteiger partial charge < -0.3 is 10.4 Å². The molecule has 0 unspecified atom stereocenters. The number of aryl methyl sites for hydroxylation is 1. The third-order valence-corrected chi connectivity index (χ3v) is 3.94. The number of thiophene rings is 1. The molecule has 18 heavy (non-hydrogen) atoms. The molecule has 0 saturated carbocycles. The van der Waals surface area contributed by atoms with E-state index in [1.807, 2.05) is 29.5 Å². The van der Waals surface area contributed by atoms with Gasteiger partial charge in [0.1, 0.15) is 0 Å². The Balaban J connectivity index is 1.98. The van der Waals surface area contributed by atoms with E-state index in [1.54, 1.807) is 0 Å². The minimum Gasteiger partial charge on any atom is -0.396 e. The van der Waals surface area contributed by atoms with Crippen LogP contribution in [0, 0.1) is 6.92 Å². The molecule has 3 heteroatoms. The van der Waals surface area contributed by atoms with Gasteiger partial charge >= 0.3 is 0 Å². The molecule has 0 aliphatic heterocycles. The molecule has 0 aliphatic rings. The van der Waals surface area contributed by atoms with Crippen molar-refractivity contribution >= 4 is 11.3 Å². The molecule has 0 saturated heterocycles. The van der Waals surface area contributed by atoms with Gasteiger partial charge in [0.2, 0.25) is 0 Å². The second kappa shape index (κ2) is 6.69. The molecule has 0 amide bonds. The van der Waals surface area contributed by atoms with Crippen molar-refractivity contribution in [3.05, 3.63) is 57.8 Å².